The van der Waals surface area contributed by atoms with E-state index in [-0.39, 0.29) is 36.3 Å². The SMILES string of the molecule is COc1ccc([C@H]2C[C@H]3CC[C@H]([C@H]2C(=O)OCCc2ccc(N)c(I)c2)N3C)cc1.Cl. The predicted octanol–water partition coefficient (Wildman–Crippen LogP) is 4.66. The molecule has 4 atom stereocenters. The first-order valence-corrected chi connectivity index (χ1v) is 11.6. The molecule has 4 rings (SSSR count). The molecule has 168 valence electrons. The normalized spacial score (nSPS) is 25.0. The van der Waals surface area contributed by atoms with Gasteiger partial charge in [0.1, 0.15) is 5.75 Å². The summed E-state index contributed by atoms with van der Waals surface area (Å²) in [6.07, 6.45) is 3.91. The molecule has 0 aromatic heterocycles. The zero-order valence-corrected chi connectivity index (χ0v) is 20.9. The van der Waals surface area contributed by atoms with E-state index in [1.165, 1.54) is 5.56 Å². The molecule has 2 fully saturated rings. The number of carbonyl (C=O) groups is 1. The van der Waals surface area contributed by atoms with E-state index in [1.54, 1.807) is 7.11 Å². The van der Waals surface area contributed by atoms with E-state index >= 15 is 0 Å². The Kier molecular flexibility index (Phi) is 8.10. The van der Waals surface area contributed by atoms with Crippen molar-refractivity contribution in [1.29, 1.82) is 0 Å². The van der Waals surface area contributed by atoms with E-state index in [0.29, 0.717) is 19.1 Å². The van der Waals surface area contributed by atoms with Gasteiger partial charge in [-0.3, -0.25) is 9.69 Å². The van der Waals surface area contributed by atoms with Gasteiger partial charge in [0.2, 0.25) is 0 Å². The fourth-order valence-corrected chi connectivity index (χ4v) is 5.65. The van der Waals surface area contributed by atoms with E-state index in [0.717, 1.165) is 39.8 Å². The summed E-state index contributed by atoms with van der Waals surface area (Å²) < 4.78 is 12.2. The molecule has 0 amide bonds. The summed E-state index contributed by atoms with van der Waals surface area (Å²) in [5.41, 5.74) is 9.01. The highest BCUT2D eigenvalue weighted by atomic mass is 127. The maximum absolute atomic E-state index is 13.3. The summed E-state index contributed by atoms with van der Waals surface area (Å²) in [6, 6.07) is 14.9. The highest BCUT2D eigenvalue weighted by molar-refractivity contribution is 14.1. The zero-order valence-electron chi connectivity index (χ0n) is 17.9. The lowest BCUT2D eigenvalue weighted by Gasteiger charge is -2.42. The number of methoxy groups -OCH3 is 1. The van der Waals surface area contributed by atoms with Gasteiger partial charge in [0.05, 0.1) is 19.6 Å². The van der Waals surface area contributed by atoms with Crippen LogP contribution in [0, 0.1) is 9.49 Å². The summed E-state index contributed by atoms with van der Waals surface area (Å²) in [7, 11) is 3.83. The van der Waals surface area contributed by atoms with Crippen LogP contribution in [0.1, 0.15) is 36.3 Å². The quantitative estimate of drug-likeness (QED) is 0.319. The van der Waals surface area contributed by atoms with Crippen molar-refractivity contribution in [2.45, 2.75) is 43.7 Å². The van der Waals surface area contributed by atoms with Crippen molar-refractivity contribution in [1.82, 2.24) is 4.90 Å². The van der Waals surface area contributed by atoms with E-state index in [1.807, 2.05) is 24.3 Å². The maximum atomic E-state index is 13.3. The van der Waals surface area contributed by atoms with E-state index in [9.17, 15) is 4.79 Å². The number of anilines is 1. The average molecular weight is 557 g/mol. The molecular weight excluding hydrogens is 527 g/mol. The Hall–Kier alpha value is -1.51. The lowest BCUT2D eigenvalue weighted by atomic mass is 9.76. The number of hydrogen-bond donors (Lipinski definition) is 1. The van der Waals surface area contributed by atoms with Gasteiger partial charge in [0.15, 0.2) is 0 Å². The molecule has 7 heteroatoms. The molecule has 2 bridgehead atoms. The fraction of sp³-hybridized carbons (Fsp3) is 0.458. The molecule has 0 saturated carbocycles. The second-order valence-electron chi connectivity index (χ2n) is 8.38. The minimum Gasteiger partial charge on any atom is -0.497 e. The molecule has 2 aliphatic heterocycles. The number of hydrogen-bond acceptors (Lipinski definition) is 5. The van der Waals surface area contributed by atoms with Crippen molar-refractivity contribution in [2.24, 2.45) is 5.92 Å². The molecule has 2 aromatic carbocycles. The van der Waals surface area contributed by atoms with Crippen LogP contribution in [0.3, 0.4) is 0 Å². The summed E-state index contributed by atoms with van der Waals surface area (Å²) in [4.78, 5) is 15.7. The minimum absolute atomic E-state index is 0. The lowest BCUT2D eigenvalue weighted by Crippen LogP contribution is -2.49. The number of piperidine rings is 1. The van der Waals surface area contributed by atoms with Crippen molar-refractivity contribution in [3.05, 3.63) is 57.2 Å². The van der Waals surface area contributed by atoms with Crippen LogP contribution in [0.2, 0.25) is 0 Å². The molecule has 0 unspecified atom stereocenters. The molecule has 2 heterocycles. The number of ether oxygens (including phenoxy) is 2. The van der Waals surface area contributed by atoms with Gasteiger partial charge < -0.3 is 15.2 Å². The third-order valence-corrected chi connectivity index (χ3v) is 7.72. The second kappa shape index (κ2) is 10.4. The minimum atomic E-state index is -0.131. The molecule has 2 aromatic rings. The molecule has 0 aliphatic carbocycles. The van der Waals surface area contributed by atoms with Crippen molar-refractivity contribution < 1.29 is 14.3 Å². The number of esters is 1. The first kappa shape index (κ1) is 24.1. The number of rotatable bonds is 6. The molecule has 31 heavy (non-hydrogen) atoms. The van der Waals surface area contributed by atoms with Gasteiger partial charge in [-0.25, -0.2) is 0 Å². The van der Waals surface area contributed by atoms with Gasteiger partial charge in [-0.2, -0.15) is 0 Å². The number of nitrogens with zero attached hydrogens (tertiary/aromatic N) is 1. The first-order valence-electron chi connectivity index (χ1n) is 10.5. The van der Waals surface area contributed by atoms with E-state index < -0.39 is 0 Å². The van der Waals surface area contributed by atoms with Crippen LogP contribution in [0.15, 0.2) is 42.5 Å². The average Bonchev–Trinajstić information content (AvgIpc) is 2.98. The third kappa shape index (κ3) is 5.12. The van der Waals surface area contributed by atoms with Crippen molar-refractivity contribution in [3.63, 3.8) is 0 Å². The zero-order chi connectivity index (χ0) is 21.3. The number of nitrogen functional groups attached to an aromatic ring is 1. The topological polar surface area (TPSA) is 64.8 Å². The highest BCUT2D eigenvalue weighted by Crippen LogP contribution is 2.46. The van der Waals surface area contributed by atoms with Crippen molar-refractivity contribution in [3.8, 4) is 5.75 Å². The standard InChI is InChI=1S/C24H29IN2O3.ClH/c1-27-17-6-10-22(27)23(19(14-17)16-4-7-18(29-2)8-5-16)24(28)30-12-11-15-3-9-21(26)20(25)13-15;/h3-5,7-9,13,17,19,22-23H,6,10-12,14,26H2,1-2H3;1H/t17-,19-,22-,23+;/m1./s1. The molecule has 0 spiro atoms. The van der Waals surface area contributed by atoms with Crippen LogP contribution >= 0.6 is 35.0 Å². The Morgan fingerprint density at radius 3 is 2.61 bits per heavy atom. The van der Waals surface area contributed by atoms with Gasteiger partial charge >= 0.3 is 5.97 Å². The van der Waals surface area contributed by atoms with Crippen LogP contribution in [0.4, 0.5) is 5.69 Å². The molecule has 2 saturated heterocycles. The Morgan fingerprint density at radius 2 is 1.94 bits per heavy atom. The molecule has 2 aliphatic rings. The number of carbonyl (C=O) groups excluding carboxylic acids is 1. The first-order chi connectivity index (χ1) is 14.5. The van der Waals surface area contributed by atoms with Crippen molar-refractivity contribution >= 4 is 46.7 Å². The Bertz CT molecular complexity index is 908. The van der Waals surface area contributed by atoms with Crippen LogP contribution in [-0.4, -0.2) is 43.7 Å². The number of nitrogens with two attached hydrogens (primary N) is 1. The summed E-state index contributed by atoms with van der Waals surface area (Å²) in [6.45, 7) is 0.393. The highest BCUT2D eigenvalue weighted by Gasteiger charge is 2.49. The Labute approximate surface area is 204 Å². The van der Waals surface area contributed by atoms with Gasteiger partial charge in [0.25, 0.3) is 0 Å². The summed E-state index contributed by atoms with van der Waals surface area (Å²) in [5.74, 6) is 0.827. The van der Waals surface area contributed by atoms with Gasteiger partial charge in [-0.05, 0) is 84.3 Å². The van der Waals surface area contributed by atoms with E-state index in [2.05, 4.69) is 52.7 Å². The predicted molar refractivity (Wildman–Crippen MR) is 134 cm³/mol. The van der Waals surface area contributed by atoms with Gasteiger partial charge in [-0.15, -0.1) is 12.4 Å². The number of fused-ring (bicyclic) bond motifs is 2. The largest absolute Gasteiger partial charge is 0.497 e. The Morgan fingerprint density at radius 1 is 1.19 bits per heavy atom. The fourth-order valence-electron chi connectivity index (χ4n) is 5.07. The summed E-state index contributed by atoms with van der Waals surface area (Å²) in [5, 5.41) is 0. The summed E-state index contributed by atoms with van der Waals surface area (Å²) >= 11 is 2.23. The van der Waals surface area contributed by atoms with Crippen molar-refractivity contribution in [2.75, 3.05) is 26.5 Å². The van der Waals surface area contributed by atoms with Crippen LogP contribution < -0.4 is 10.5 Å². The maximum Gasteiger partial charge on any atom is 0.311 e. The monoisotopic (exact) mass is 556 g/mol. The second-order valence-corrected chi connectivity index (χ2v) is 9.54. The van der Waals surface area contributed by atoms with Crippen LogP contribution in [0.25, 0.3) is 0 Å². The molecule has 2 N–H and O–H groups in total. The van der Waals surface area contributed by atoms with E-state index in [4.69, 9.17) is 15.2 Å². The lowest BCUT2D eigenvalue weighted by molar-refractivity contribution is -0.153. The Balaban J connectivity index is 0.00000272. The van der Waals surface area contributed by atoms with Gasteiger partial charge in [0, 0.05) is 33.7 Å². The third-order valence-electron chi connectivity index (χ3n) is 6.78. The van der Waals surface area contributed by atoms with Crippen LogP contribution in [0.5, 0.6) is 5.75 Å². The van der Waals surface area contributed by atoms with Crippen LogP contribution in [-0.2, 0) is 16.0 Å². The molecular formula is C24H30ClIN2O3. The molecule has 0 radical (unpaired) electrons. The number of benzene rings is 2. The smallest absolute Gasteiger partial charge is 0.311 e. The van der Waals surface area contributed by atoms with Gasteiger partial charge in [-0.1, -0.05) is 18.2 Å². The number of halogens is 2. The molecule has 5 nitrogen and oxygen atoms in total.